The van der Waals surface area contributed by atoms with Gasteiger partial charge in [0.25, 0.3) is 5.91 Å². The van der Waals surface area contributed by atoms with E-state index >= 15 is 0 Å². The van der Waals surface area contributed by atoms with Crippen LogP contribution in [0.3, 0.4) is 0 Å². The number of rotatable bonds is 4. The molecule has 0 aromatic heterocycles. The van der Waals surface area contributed by atoms with E-state index in [0.29, 0.717) is 17.1 Å². The number of hydrogen-bond donors (Lipinski definition) is 2. The number of nitrogens with one attached hydrogen (secondary N) is 2. The van der Waals surface area contributed by atoms with E-state index in [4.69, 9.17) is 11.6 Å². The Morgan fingerprint density at radius 1 is 1.44 bits per heavy atom. The standard InChI is InChI=1S/C14H19ClN2O/c1-5-9-16-13(18)12-10(15)7-6-8-11(12)17-14(2,3)4/h5-8,17H,1,9H2,2-4H3,(H,16,18). The molecule has 4 heteroatoms. The summed E-state index contributed by atoms with van der Waals surface area (Å²) in [6, 6.07) is 5.37. The first-order valence-corrected chi connectivity index (χ1v) is 6.19. The lowest BCUT2D eigenvalue weighted by molar-refractivity contribution is 0.0959. The summed E-state index contributed by atoms with van der Waals surface area (Å²) in [5.74, 6) is -0.202. The topological polar surface area (TPSA) is 41.1 Å². The summed E-state index contributed by atoms with van der Waals surface area (Å²) in [6.45, 7) is 10.1. The molecular formula is C14H19ClN2O. The lowest BCUT2D eigenvalue weighted by atomic mass is 10.1. The van der Waals surface area contributed by atoms with Gasteiger partial charge in [0.1, 0.15) is 0 Å². The summed E-state index contributed by atoms with van der Waals surface area (Å²) >= 11 is 6.11. The maximum atomic E-state index is 12.0. The Labute approximate surface area is 113 Å². The van der Waals surface area contributed by atoms with E-state index in [9.17, 15) is 4.79 Å². The SMILES string of the molecule is C=CCNC(=O)c1c(Cl)cccc1NC(C)(C)C. The largest absolute Gasteiger partial charge is 0.380 e. The highest BCUT2D eigenvalue weighted by Gasteiger charge is 2.18. The van der Waals surface area contributed by atoms with Crippen molar-refractivity contribution in [3.8, 4) is 0 Å². The summed E-state index contributed by atoms with van der Waals surface area (Å²) in [7, 11) is 0. The zero-order valence-corrected chi connectivity index (χ0v) is 11.8. The van der Waals surface area contributed by atoms with Crippen LogP contribution in [0, 0.1) is 0 Å². The lowest BCUT2D eigenvalue weighted by Gasteiger charge is -2.24. The highest BCUT2D eigenvalue weighted by Crippen LogP contribution is 2.26. The van der Waals surface area contributed by atoms with Gasteiger partial charge in [-0.15, -0.1) is 6.58 Å². The normalized spacial score (nSPS) is 10.9. The maximum absolute atomic E-state index is 12.0. The number of amides is 1. The molecule has 0 aliphatic carbocycles. The van der Waals surface area contributed by atoms with Crippen molar-refractivity contribution in [2.24, 2.45) is 0 Å². The van der Waals surface area contributed by atoms with E-state index in [0.717, 1.165) is 5.69 Å². The van der Waals surface area contributed by atoms with Gasteiger partial charge in [-0.05, 0) is 32.9 Å². The fourth-order valence-electron chi connectivity index (χ4n) is 1.52. The molecule has 0 heterocycles. The van der Waals surface area contributed by atoms with Gasteiger partial charge in [0.05, 0.1) is 10.6 Å². The second kappa shape index (κ2) is 5.91. The molecule has 0 unspecified atom stereocenters. The van der Waals surface area contributed by atoms with Gasteiger partial charge in [0.2, 0.25) is 0 Å². The van der Waals surface area contributed by atoms with Gasteiger partial charge in [-0.25, -0.2) is 0 Å². The van der Waals surface area contributed by atoms with E-state index in [1.54, 1.807) is 12.1 Å². The summed E-state index contributed by atoms with van der Waals surface area (Å²) < 4.78 is 0. The molecule has 1 rings (SSSR count). The molecule has 0 fully saturated rings. The van der Waals surface area contributed by atoms with Gasteiger partial charge in [-0.2, -0.15) is 0 Å². The third kappa shape index (κ3) is 4.08. The van der Waals surface area contributed by atoms with Crippen LogP contribution in [0.2, 0.25) is 5.02 Å². The Bertz CT molecular complexity index is 450. The molecule has 98 valence electrons. The number of benzene rings is 1. The zero-order chi connectivity index (χ0) is 13.8. The molecule has 0 bridgehead atoms. The molecule has 1 amide bonds. The van der Waals surface area contributed by atoms with Crippen molar-refractivity contribution in [2.45, 2.75) is 26.3 Å². The molecule has 0 radical (unpaired) electrons. The number of anilines is 1. The van der Waals surface area contributed by atoms with E-state index in [-0.39, 0.29) is 11.4 Å². The molecule has 0 atom stereocenters. The fraction of sp³-hybridized carbons (Fsp3) is 0.357. The summed E-state index contributed by atoms with van der Waals surface area (Å²) in [5.41, 5.74) is 1.06. The molecule has 0 aliphatic heterocycles. The molecule has 1 aromatic rings. The van der Waals surface area contributed by atoms with E-state index < -0.39 is 0 Å². The molecule has 0 spiro atoms. The molecule has 0 saturated heterocycles. The Morgan fingerprint density at radius 3 is 2.67 bits per heavy atom. The van der Waals surface area contributed by atoms with Gasteiger partial charge in [0.15, 0.2) is 0 Å². The average Bonchev–Trinajstić information content (AvgIpc) is 2.24. The van der Waals surface area contributed by atoms with Crippen LogP contribution in [0.15, 0.2) is 30.9 Å². The third-order valence-electron chi connectivity index (χ3n) is 2.16. The van der Waals surface area contributed by atoms with Gasteiger partial charge >= 0.3 is 0 Å². The number of halogens is 1. The smallest absolute Gasteiger partial charge is 0.255 e. The van der Waals surface area contributed by atoms with Crippen LogP contribution in [-0.2, 0) is 0 Å². The van der Waals surface area contributed by atoms with Crippen LogP contribution in [-0.4, -0.2) is 18.0 Å². The Kier molecular flexibility index (Phi) is 4.79. The quantitative estimate of drug-likeness (QED) is 0.820. The fourth-order valence-corrected chi connectivity index (χ4v) is 1.78. The van der Waals surface area contributed by atoms with Gasteiger partial charge in [-0.1, -0.05) is 23.7 Å². The lowest BCUT2D eigenvalue weighted by Crippen LogP contribution is -2.30. The number of hydrogen-bond acceptors (Lipinski definition) is 2. The number of carbonyl (C=O) groups is 1. The number of carbonyl (C=O) groups excluding carboxylic acids is 1. The predicted molar refractivity (Wildman–Crippen MR) is 77.4 cm³/mol. The monoisotopic (exact) mass is 266 g/mol. The van der Waals surface area contributed by atoms with Gasteiger partial charge < -0.3 is 10.6 Å². The van der Waals surface area contributed by atoms with Crippen molar-refractivity contribution in [2.75, 3.05) is 11.9 Å². The Morgan fingerprint density at radius 2 is 2.11 bits per heavy atom. The molecule has 2 N–H and O–H groups in total. The Balaban J connectivity index is 3.08. The third-order valence-corrected chi connectivity index (χ3v) is 2.47. The minimum Gasteiger partial charge on any atom is -0.380 e. The highest BCUT2D eigenvalue weighted by atomic mass is 35.5. The van der Waals surface area contributed by atoms with Crippen molar-refractivity contribution in [3.05, 3.63) is 41.4 Å². The van der Waals surface area contributed by atoms with Crippen molar-refractivity contribution >= 4 is 23.2 Å². The minimum absolute atomic E-state index is 0.141. The predicted octanol–water partition coefficient (Wildman–Crippen LogP) is 3.47. The van der Waals surface area contributed by atoms with E-state index in [1.807, 2.05) is 32.9 Å². The van der Waals surface area contributed by atoms with Crippen molar-refractivity contribution < 1.29 is 4.79 Å². The zero-order valence-electron chi connectivity index (χ0n) is 11.0. The first kappa shape index (κ1) is 14.6. The van der Waals surface area contributed by atoms with E-state index in [2.05, 4.69) is 17.2 Å². The second-order valence-corrected chi connectivity index (χ2v) is 5.44. The molecule has 1 aromatic carbocycles. The maximum Gasteiger partial charge on any atom is 0.255 e. The first-order valence-electron chi connectivity index (χ1n) is 5.81. The van der Waals surface area contributed by atoms with Crippen molar-refractivity contribution in [3.63, 3.8) is 0 Å². The molecule has 0 saturated carbocycles. The summed E-state index contributed by atoms with van der Waals surface area (Å²) in [5, 5.41) is 6.45. The molecule has 3 nitrogen and oxygen atoms in total. The van der Waals surface area contributed by atoms with Crippen molar-refractivity contribution in [1.29, 1.82) is 0 Å². The molecule has 18 heavy (non-hydrogen) atoms. The van der Waals surface area contributed by atoms with Crippen molar-refractivity contribution in [1.82, 2.24) is 5.32 Å². The minimum atomic E-state index is -0.202. The van der Waals surface area contributed by atoms with Gasteiger partial charge in [0, 0.05) is 17.8 Å². The van der Waals surface area contributed by atoms with Crippen LogP contribution in [0.1, 0.15) is 31.1 Å². The van der Waals surface area contributed by atoms with Gasteiger partial charge in [-0.3, -0.25) is 4.79 Å². The molecule has 0 aliphatic rings. The van der Waals surface area contributed by atoms with Crippen LogP contribution >= 0.6 is 11.6 Å². The first-order chi connectivity index (χ1) is 8.35. The van der Waals surface area contributed by atoms with E-state index in [1.165, 1.54) is 0 Å². The highest BCUT2D eigenvalue weighted by molar-refractivity contribution is 6.34. The Hall–Kier alpha value is -1.48. The van der Waals surface area contributed by atoms with Crippen LogP contribution in [0.5, 0.6) is 0 Å². The second-order valence-electron chi connectivity index (χ2n) is 5.04. The summed E-state index contributed by atoms with van der Waals surface area (Å²) in [4.78, 5) is 12.0. The molecular weight excluding hydrogens is 248 g/mol. The van der Waals surface area contributed by atoms with Crippen LogP contribution in [0.4, 0.5) is 5.69 Å². The average molecular weight is 267 g/mol. The van der Waals surface area contributed by atoms with Crippen LogP contribution < -0.4 is 10.6 Å². The van der Waals surface area contributed by atoms with Crippen LogP contribution in [0.25, 0.3) is 0 Å². The summed E-state index contributed by atoms with van der Waals surface area (Å²) in [6.07, 6.45) is 1.63.